The lowest BCUT2D eigenvalue weighted by molar-refractivity contribution is -0.140. The van der Waals surface area contributed by atoms with Crippen LogP contribution in [-0.4, -0.2) is 40.7 Å². The molecule has 0 spiro atoms. The van der Waals surface area contributed by atoms with Gasteiger partial charge in [-0.1, -0.05) is 18.2 Å². The fourth-order valence-electron chi connectivity index (χ4n) is 5.61. The second-order valence-corrected chi connectivity index (χ2v) is 8.84. The van der Waals surface area contributed by atoms with Crippen molar-refractivity contribution in [2.24, 2.45) is 28.8 Å². The van der Waals surface area contributed by atoms with Gasteiger partial charge in [-0.05, 0) is 62.8 Å². The number of carbonyl (C=O) groups excluding carboxylic acids is 3. The Morgan fingerprint density at radius 3 is 2.38 bits per heavy atom. The highest BCUT2D eigenvalue weighted by Crippen LogP contribution is 2.52. The zero-order valence-electron chi connectivity index (χ0n) is 18.5. The Bertz CT molecular complexity index is 1190. The lowest BCUT2D eigenvalue weighted by Gasteiger charge is -2.15. The highest BCUT2D eigenvalue weighted by molar-refractivity contribution is 6.06. The third kappa shape index (κ3) is 2.80. The van der Waals surface area contributed by atoms with E-state index in [0.29, 0.717) is 5.56 Å². The number of imide groups is 1. The number of carbonyl (C=O) groups is 3. The maximum atomic E-state index is 12.9. The lowest BCUT2D eigenvalue weighted by Crippen LogP contribution is -2.28. The molecule has 2 heterocycles. The molecule has 1 aliphatic heterocycles. The summed E-state index contributed by atoms with van der Waals surface area (Å²) in [5.41, 5.74) is 4.85. The molecule has 0 radical (unpaired) electrons. The number of hydrogen-bond acceptors (Lipinski definition) is 5. The molecule has 7 heteroatoms. The Labute approximate surface area is 186 Å². The molecule has 2 fully saturated rings. The van der Waals surface area contributed by atoms with Crippen molar-refractivity contribution in [1.82, 2.24) is 9.58 Å². The van der Waals surface area contributed by atoms with Crippen LogP contribution in [-0.2, 0) is 14.3 Å². The van der Waals surface area contributed by atoms with Gasteiger partial charge in [0.25, 0.3) is 11.8 Å². The lowest BCUT2D eigenvalue weighted by atomic mass is 9.85. The molecule has 4 unspecified atom stereocenters. The average Bonchev–Trinajstić information content (AvgIpc) is 3.51. The molecular formula is C25H25N3O4. The van der Waals surface area contributed by atoms with Crippen molar-refractivity contribution in [2.45, 2.75) is 27.2 Å². The number of allylic oxidation sites excluding steroid dienone is 2. The monoisotopic (exact) mass is 431 g/mol. The van der Waals surface area contributed by atoms with E-state index in [9.17, 15) is 14.4 Å². The number of aryl methyl sites for hydroxylation is 1. The molecule has 32 heavy (non-hydrogen) atoms. The van der Waals surface area contributed by atoms with Crippen molar-refractivity contribution < 1.29 is 19.1 Å². The van der Waals surface area contributed by atoms with Gasteiger partial charge in [-0.2, -0.15) is 10.1 Å². The third-order valence-corrected chi connectivity index (χ3v) is 7.18. The number of methoxy groups -OCH3 is 1. The molecule has 2 aliphatic carbocycles. The predicted molar refractivity (Wildman–Crippen MR) is 118 cm³/mol. The number of aromatic nitrogens is 1. The second kappa shape index (κ2) is 7.29. The number of amides is 2. The fraction of sp³-hybridized carbons (Fsp3) is 0.360. The Kier molecular flexibility index (Phi) is 4.65. The summed E-state index contributed by atoms with van der Waals surface area (Å²) in [5, 5.41) is 5.39. The molecule has 1 aromatic carbocycles. The van der Waals surface area contributed by atoms with Crippen LogP contribution in [0, 0.1) is 44.4 Å². The van der Waals surface area contributed by atoms with Crippen LogP contribution in [0.15, 0.2) is 41.5 Å². The molecule has 1 saturated carbocycles. The number of fused-ring (bicyclic) bond motifs is 5. The van der Waals surface area contributed by atoms with Gasteiger partial charge in [-0.15, -0.1) is 0 Å². The van der Waals surface area contributed by atoms with Gasteiger partial charge in [0.15, 0.2) is 0 Å². The van der Waals surface area contributed by atoms with Gasteiger partial charge >= 0.3 is 5.97 Å². The molecule has 2 bridgehead atoms. The van der Waals surface area contributed by atoms with Crippen molar-refractivity contribution in [2.75, 3.05) is 7.11 Å². The highest BCUT2D eigenvalue weighted by atomic mass is 16.5. The third-order valence-electron chi connectivity index (χ3n) is 7.18. The average molecular weight is 431 g/mol. The summed E-state index contributed by atoms with van der Waals surface area (Å²) in [6, 6.07) is 7.47. The predicted octanol–water partition coefficient (Wildman–Crippen LogP) is 3.33. The smallest absolute Gasteiger partial charge is 0.338 e. The van der Waals surface area contributed by atoms with E-state index in [1.165, 1.54) is 7.11 Å². The number of ether oxygens (including phenoxy) is 1. The van der Waals surface area contributed by atoms with E-state index in [1.807, 2.05) is 43.5 Å². The van der Waals surface area contributed by atoms with Crippen LogP contribution >= 0.6 is 0 Å². The number of rotatable bonds is 4. The summed E-state index contributed by atoms with van der Waals surface area (Å²) in [6.07, 6.45) is 6.63. The minimum Gasteiger partial charge on any atom is -0.465 e. The molecule has 164 valence electrons. The summed E-state index contributed by atoms with van der Waals surface area (Å²) < 4.78 is 6.93. The molecule has 3 aliphatic rings. The summed E-state index contributed by atoms with van der Waals surface area (Å²) in [6.45, 7) is 5.80. The minimum absolute atomic E-state index is 0.164. The number of esters is 1. The van der Waals surface area contributed by atoms with Gasteiger partial charge in [0.05, 0.1) is 30.7 Å². The number of nitrogens with zero attached hydrogens (tertiary/aromatic N) is 3. The van der Waals surface area contributed by atoms with E-state index in [2.05, 4.69) is 17.3 Å². The van der Waals surface area contributed by atoms with Gasteiger partial charge < -0.3 is 9.30 Å². The summed E-state index contributed by atoms with van der Waals surface area (Å²) in [5.74, 6) is -0.953. The van der Waals surface area contributed by atoms with Crippen LogP contribution in [0.25, 0.3) is 5.69 Å². The first-order valence-electron chi connectivity index (χ1n) is 10.8. The molecule has 2 aromatic rings. The number of hydrazone groups is 1. The molecule has 1 aromatic heterocycles. The number of hydrogen-bond donors (Lipinski definition) is 0. The quantitative estimate of drug-likeness (QED) is 0.322. The molecular weight excluding hydrogens is 406 g/mol. The van der Waals surface area contributed by atoms with E-state index in [1.54, 1.807) is 12.3 Å². The fourth-order valence-corrected chi connectivity index (χ4v) is 5.61. The largest absolute Gasteiger partial charge is 0.465 e. The standard InChI is InChI=1S/C25H25N3O4/c1-13-10-18(15(3)27(13)20-7-5-6-19(14(20)2)25(31)32-4)12-26-28-23(29)21-16-8-9-17(11-16)22(21)24(28)30/h5-10,12,16-17,21-22H,11H2,1-4H3. The second-order valence-electron chi connectivity index (χ2n) is 8.84. The van der Waals surface area contributed by atoms with Crippen LogP contribution in [0.1, 0.15) is 39.3 Å². The van der Waals surface area contributed by atoms with E-state index < -0.39 is 0 Å². The minimum atomic E-state index is -0.381. The molecule has 7 nitrogen and oxygen atoms in total. The van der Waals surface area contributed by atoms with Gasteiger partial charge in [-0.3, -0.25) is 9.59 Å². The van der Waals surface area contributed by atoms with Crippen molar-refractivity contribution in [3.05, 3.63) is 64.5 Å². The van der Waals surface area contributed by atoms with Crippen molar-refractivity contribution >= 4 is 24.0 Å². The Hall–Kier alpha value is -3.48. The van der Waals surface area contributed by atoms with Crippen molar-refractivity contribution in [1.29, 1.82) is 0 Å². The van der Waals surface area contributed by atoms with E-state index in [-0.39, 0.29) is 41.5 Å². The number of benzene rings is 1. The normalized spacial score (nSPS) is 25.9. The first-order valence-corrected chi connectivity index (χ1v) is 10.8. The van der Waals surface area contributed by atoms with Crippen LogP contribution in [0.2, 0.25) is 0 Å². The Balaban J connectivity index is 1.46. The molecule has 1 saturated heterocycles. The van der Waals surface area contributed by atoms with Crippen molar-refractivity contribution in [3.8, 4) is 5.69 Å². The van der Waals surface area contributed by atoms with E-state index in [4.69, 9.17) is 4.74 Å². The zero-order valence-corrected chi connectivity index (χ0v) is 18.5. The summed E-state index contributed by atoms with van der Waals surface area (Å²) >= 11 is 0. The molecule has 5 rings (SSSR count). The first kappa shape index (κ1) is 20.4. The Morgan fingerprint density at radius 1 is 1.09 bits per heavy atom. The van der Waals surface area contributed by atoms with Crippen LogP contribution < -0.4 is 0 Å². The van der Waals surface area contributed by atoms with Gasteiger partial charge in [-0.25, -0.2) is 4.79 Å². The topological polar surface area (TPSA) is 81.0 Å². The van der Waals surface area contributed by atoms with Gasteiger partial charge in [0, 0.05) is 22.6 Å². The SMILES string of the molecule is COC(=O)c1cccc(-n2c(C)cc(C=NN3C(=O)C4C5C=CC(C5)C4C3=O)c2C)c1C. The molecule has 2 amide bonds. The van der Waals surface area contributed by atoms with E-state index >= 15 is 0 Å². The first-order chi connectivity index (χ1) is 15.3. The van der Waals surface area contributed by atoms with Gasteiger partial charge in [0.1, 0.15) is 0 Å². The molecule has 4 atom stereocenters. The maximum Gasteiger partial charge on any atom is 0.338 e. The van der Waals surface area contributed by atoms with Crippen LogP contribution in [0.4, 0.5) is 0 Å². The van der Waals surface area contributed by atoms with Crippen LogP contribution in [0.5, 0.6) is 0 Å². The van der Waals surface area contributed by atoms with Gasteiger partial charge in [0.2, 0.25) is 0 Å². The van der Waals surface area contributed by atoms with E-state index in [0.717, 1.165) is 39.6 Å². The highest BCUT2D eigenvalue weighted by Gasteiger charge is 2.59. The van der Waals surface area contributed by atoms with Crippen molar-refractivity contribution in [3.63, 3.8) is 0 Å². The summed E-state index contributed by atoms with van der Waals surface area (Å²) in [4.78, 5) is 37.9. The maximum absolute atomic E-state index is 12.9. The Morgan fingerprint density at radius 2 is 1.75 bits per heavy atom. The molecule has 0 N–H and O–H groups in total. The summed E-state index contributed by atoms with van der Waals surface area (Å²) in [7, 11) is 1.37. The zero-order chi connectivity index (χ0) is 22.7. The van der Waals surface area contributed by atoms with Crippen LogP contribution in [0.3, 0.4) is 0 Å².